The van der Waals surface area contributed by atoms with Crippen LogP contribution in [-0.4, -0.2) is 17.9 Å². The van der Waals surface area contributed by atoms with Crippen molar-refractivity contribution < 1.29 is 9.53 Å². The van der Waals surface area contributed by atoms with Gasteiger partial charge < -0.3 is 4.74 Å². The number of halogens is 1. The Kier molecular flexibility index (Phi) is 3.76. The van der Waals surface area contributed by atoms with E-state index < -0.39 is 0 Å². The van der Waals surface area contributed by atoms with Crippen molar-refractivity contribution in [3.63, 3.8) is 0 Å². The van der Waals surface area contributed by atoms with Gasteiger partial charge in [0.25, 0.3) is 0 Å². The smallest absolute Gasteiger partial charge is 0.189 e. The summed E-state index contributed by atoms with van der Waals surface area (Å²) in [5, 5.41) is 0.415. The van der Waals surface area contributed by atoms with Crippen molar-refractivity contribution >= 4 is 23.5 Å². The number of ketones is 1. The zero-order valence-corrected chi connectivity index (χ0v) is 12.4. The molecule has 1 aliphatic rings. The maximum atomic E-state index is 12.6. The molecule has 0 saturated carbocycles. The molecule has 1 aromatic carbocycles. The van der Waals surface area contributed by atoms with Crippen LogP contribution in [-0.2, 0) is 6.42 Å². The molecule has 2 aromatic rings. The summed E-state index contributed by atoms with van der Waals surface area (Å²) in [5.41, 5.74) is 3.32. The fourth-order valence-electron chi connectivity index (χ4n) is 2.51. The highest BCUT2D eigenvalue weighted by Crippen LogP contribution is 2.30. The van der Waals surface area contributed by atoms with Crippen molar-refractivity contribution in [2.24, 2.45) is 0 Å². The number of ether oxygens (including phenoxy) is 1. The van der Waals surface area contributed by atoms with E-state index in [1.165, 1.54) is 0 Å². The second-order valence-electron chi connectivity index (χ2n) is 4.91. The summed E-state index contributed by atoms with van der Waals surface area (Å²) in [6.07, 6.45) is 4.99. The summed E-state index contributed by atoms with van der Waals surface area (Å²) in [7, 11) is 1.63. The number of carbonyl (C=O) groups is 1. The van der Waals surface area contributed by atoms with Gasteiger partial charge in [-0.2, -0.15) is 0 Å². The highest BCUT2D eigenvalue weighted by Gasteiger charge is 2.22. The van der Waals surface area contributed by atoms with Crippen molar-refractivity contribution in [1.82, 2.24) is 4.98 Å². The average molecular weight is 300 g/mol. The van der Waals surface area contributed by atoms with Crippen molar-refractivity contribution in [1.29, 1.82) is 0 Å². The number of benzene rings is 1. The molecule has 4 heteroatoms. The molecule has 0 amide bonds. The normalized spacial score (nSPS) is 15.9. The number of pyridine rings is 1. The summed E-state index contributed by atoms with van der Waals surface area (Å²) in [6, 6.07) is 9.25. The molecule has 3 nitrogen and oxygen atoms in total. The molecule has 1 heterocycles. The van der Waals surface area contributed by atoms with Gasteiger partial charge in [-0.1, -0.05) is 17.7 Å². The van der Waals surface area contributed by atoms with Gasteiger partial charge in [-0.25, -0.2) is 4.98 Å². The van der Waals surface area contributed by atoms with Gasteiger partial charge in [0.2, 0.25) is 0 Å². The first-order valence-corrected chi connectivity index (χ1v) is 7.09. The molecule has 0 spiro atoms. The SMILES string of the molecule is COc1ccc2c(c1)CCC(=Cc1cccnc1Cl)C2=O. The second kappa shape index (κ2) is 5.70. The molecular formula is C17H14ClNO2. The largest absolute Gasteiger partial charge is 0.497 e. The summed E-state index contributed by atoms with van der Waals surface area (Å²) in [5.74, 6) is 0.836. The lowest BCUT2D eigenvalue weighted by molar-refractivity contribution is 0.102. The van der Waals surface area contributed by atoms with Crippen molar-refractivity contribution in [3.05, 3.63) is 63.9 Å². The number of nitrogens with zero attached hydrogens (tertiary/aromatic N) is 1. The van der Waals surface area contributed by atoms with Crippen molar-refractivity contribution in [2.75, 3.05) is 7.11 Å². The molecule has 1 aliphatic carbocycles. The summed E-state index contributed by atoms with van der Waals surface area (Å²) in [4.78, 5) is 16.6. The number of allylic oxidation sites excluding steroid dienone is 1. The molecular weight excluding hydrogens is 286 g/mol. The van der Waals surface area contributed by atoms with Crippen LogP contribution in [0.25, 0.3) is 6.08 Å². The monoisotopic (exact) mass is 299 g/mol. The fourth-order valence-corrected chi connectivity index (χ4v) is 2.69. The van der Waals surface area contributed by atoms with E-state index in [1.807, 2.05) is 36.4 Å². The Bertz CT molecular complexity index is 737. The first kappa shape index (κ1) is 13.8. The molecule has 21 heavy (non-hydrogen) atoms. The van der Waals surface area contributed by atoms with Crippen molar-refractivity contribution in [2.45, 2.75) is 12.8 Å². The van der Waals surface area contributed by atoms with E-state index >= 15 is 0 Å². The van der Waals surface area contributed by atoms with E-state index in [-0.39, 0.29) is 5.78 Å². The van der Waals surface area contributed by atoms with E-state index in [2.05, 4.69) is 4.98 Å². The topological polar surface area (TPSA) is 39.2 Å². The van der Waals surface area contributed by atoms with Crippen LogP contribution in [0.15, 0.2) is 42.1 Å². The van der Waals surface area contributed by atoms with Gasteiger partial charge in [0.1, 0.15) is 10.9 Å². The molecule has 3 rings (SSSR count). The van der Waals surface area contributed by atoms with Crippen LogP contribution in [0, 0.1) is 0 Å². The summed E-state index contributed by atoms with van der Waals surface area (Å²) < 4.78 is 5.20. The number of aromatic nitrogens is 1. The van der Waals surface area contributed by atoms with Gasteiger partial charge in [-0.05, 0) is 48.7 Å². The van der Waals surface area contributed by atoms with Gasteiger partial charge in [0, 0.05) is 22.9 Å². The van der Waals surface area contributed by atoms with Gasteiger partial charge >= 0.3 is 0 Å². The number of hydrogen-bond donors (Lipinski definition) is 0. The average Bonchev–Trinajstić information content (AvgIpc) is 2.51. The Morgan fingerprint density at radius 1 is 1.29 bits per heavy atom. The Morgan fingerprint density at radius 2 is 2.14 bits per heavy atom. The third-order valence-electron chi connectivity index (χ3n) is 3.63. The van der Waals surface area contributed by atoms with Gasteiger partial charge in [-0.3, -0.25) is 4.79 Å². The predicted octanol–water partition coefficient (Wildman–Crippen LogP) is 3.96. The highest BCUT2D eigenvalue weighted by molar-refractivity contribution is 6.31. The lowest BCUT2D eigenvalue weighted by Gasteiger charge is -2.18. The van der Waals surface area contributed by atoms with E-state index in [0.717, 1.165) is 34.4 Å². The van der Waals surface area contributed by atoms with E-state index in [4.69, 9.17) is 16.3 Å². The molecule has 0 N–H and O–H groups in total. The number of methoxy groups -OCH3 is 1. The third kappa shape index (κ3) is 2.69. The quantitative estimate of drug-likeness (QED) is 0.622. The minimum atomic E-state index is 0.0545. The van der Waals surface area contributed by atoms with Crippen LogP contribution in [0.5, 0.6) is 5.75 Å². The van der Waals surface area contributed by atoms with E-state index in [0.29, 0.717) is 11.6 Å². The Labute approximate surface area is 128 Å². The summed E-state index contributed by atoms with van der Waals surface area (Å²) >= 11 is 6.05. The molecule has 1 aromatic heterocycles. The van der Waals surface area contributed by atoms with Crippen molar-refractivity contribution in [3.8, 4) is 5.75 Å². The minimum absolute atomic E-state index is 0.0545. The number of aryl methyl sites for hydroxylation is 1. The van der Waals surface area contributed by atoms with Gasteiger partial charge in [0.15, 0.2) is 5.78 Å². The lowest BCUT2D eigenvalue weighted by atomic mass is 9.86. The molecule has 0 fully saturated rings. The van der Waals surface area contributed by atoms with Crippen LogP contribution in [0.2, 0.25) is 5.15 Å². The lowest BCUT2D eigenvalue weighted by Crippen LogP contribution is -2.14. The van der Waals surface area contributed by atoms with E-state index in [9.17, 15) is 4.79 Å². The Morgan fingerprint density at radius 3 is 2.90 bits per heavy atom. The molecule has 0 saturated heterocycles. The van der Waals surface area contributed by atoms with Gasteiger partial charge in [-0.15, -0.1) is 0 Å². The first-order chi connectivity index (χ1) is 10.2. The number of fused-ring (bicyclic) bond motifs is 1. The number of Topliss-reactive ketones (excluding diaryl/α,β-unsaturated/α-hetero) is 1. The predicted molar refractivity (Wildman–Crippen MR) is 82.9 cm³/mol. The van der Waals surface area contributed by atoms with Crippen LogP contribution in [0.4, 0.5) is 0 Å². The highest BCUT2D eigenvalue weighted by atomic mass is 35.5. The standard InChI is InChI=1S/C17H14ClNO2/c1-21-14-6-7-15-11(10-14)4-5-12(16(15)20)9-13-3-2-8-19-17(13)18/h2-3,6-10H,4-5H2,1H3. The number of hydrogen-bond acceptors (Lipinski definition) is 3. The maximum Gasteiger partial charge on any atom is 0.189 e. The molecule has 106 valence electrons. The van der Waals surface area contributed by atoms with Crippen LogP contribution in [0.3, 0.4) is 0 Å². The second-order valence-corrected chi connectivity index (χ2v) is 5.26. The Hall–Kier alpha value is -2.13. The summed E-state index contributed by atoms with van der Waals surface area (Å²) in [6.45, 7) is 0. The van der Waals surface area contributed by atoms with Gasteiger partial charge in [0.05, 0.1) is 7.11 Å². The molecule has 0 aliphatic heterocycles. The minimum Gasteiger partial charge on any atom is -0.497 e. The van der Waals surface area contributed by atoms with Crippen LogP contribution < -0.4 is 4.74 Å². The van der Waals surface area contributed by atoms with E-state index in [1.54, 1.807) is 13.3 Å². The fraction of sp³-hybridized carbons (Fsp3) is 0.176. The number of rotatable bonds is 2. The van der Waals surface area contributed by atoms with Crippen LogP contribution >= 0.6 is 11.6 Å². The third-order valence-corrected chi connectivity index (χ3v) is 3.95. The zero-order chi connectivity index (χ0) is 14.8. The maximum absolute atomic E-state index is 12.6. The Balaban J connectivity index is 1.98. The van der Waals surface area contributed by atoms with Crippen LogP contribution in [0.1, 0.15) is 27.9 Å². The molecule has 0 atom stereocenters. The number of carbonyl (C=O) groups excluding carboxylic acids is 1. The molecule has 0 bridgehead atoms. The molecule has 0 radical (unpaired) electrons. The first-order valence-electron chi connectivity index (χ1n) is 6.72. The molecule has 0 unspecified atom stereocenters. The zero-order valence-electron chi connectivity index (χ0n) is 11.6.